The lowest BCUT2D eigenvalue weighted by molar-refractivity contribution is -0.140. The SMILES string of the molecule is O=C([C@H](c1cccnc1)N1CCOCC1)N1CCC(c2ccnc(-c3ccccc3)n2)CC1. The van der Waals surface area contributed by atoms with Crippen LogP contribution in [0.1, 0.15) is 36.1 Å². The second-order valence-electron chi connectivity index (χ2n) is 8.61. The van der Waals surface area contributed by atoms with Crippen LogP contribution in [0.25, 0.3) is 11.4 Å². The number of ether oxygens (including phenoxy) is 1. The van der Waals surface area contributed by atoms with Gasteiger partial charge in [0.05, 0.1) is 13.2 Å². The third-order valence-corrected chi connectivity index (χ3v) is 6.58. The number of piperidine rings is 1. The van der Waals surface area contributed by atoms with Gasteiger partial charge in [0, 0.05) is 61.9 Å². The summed E-state index contributed by atoms with van der Waals surface area (Å²) in [6, 6.07) is 15.7. The fourth-order valence-electron chi connectivity index (χ4n) is 4.78. The number of hydrogen-bond acceptors (Lipinski definition) is 6. The van der Waals surface area contributed by atoms with Crippen LogP contribution in [-0.2, 0) is 9.53 Å². The highest BCUT2D eigenvalue weighted by atomic mass is 16.5. The predicted molar refractivity (Wildman–Crippen MR) is 125 cm³/mol. The van der Waals surface area contributed by atoms with Gasteiger partial charge in [-0.3, -0.25) is 14.7 Å². The van der Waals surface area contributed by atoms with Crippen LogP contribution in [0.3, 0.4) is 0 Å². The molecule has 5 rings (SSSR count). The van der Waals surface area contributed by atoms with Crippen LogP contribution in [-0.4, -0.2) is 70.1 Å². The molecule has 3 aromatic rings. The first-order chi connectivity index (χ1) is 16.3. The summed E-state index contributed by atoms with van der Waals surface area (Å²) in [6.07, 6.45) is 7.22. The minimum absolute atomic E-state index is 0.163. The zero-order valence-electron chi connectivity index (χ0n) is 18.7. The molecule has 0 saturated carbocycles. The molecule has 170 valence electrons. The Morgan fingerprint density at radius 3 is 2.45 bits per heavy atom. The van der Waals surface area contributed by atoms with E-state index in [1.807, 2.05) is 65.8 Å². The number of aromatic nitrogens is 3. The van der Waals surface area contributed by atoms with Crippen LogP contribution in [0, 0.1) is 0 Å². The topological polar surface area (TPSA) is 71.5 Å². The number of benzene rings is 1. The summed E-state index contributed by atoms with van der Waals surface area (Å²) in [7, 11) is 0. The summed E-state index contributed by atoms with van der Waals surface area (Å²) in [4.78, 5) is 31.5. The molecule has 7 heteroatoms. The van der Waals surface area contributed by atoms with Crippen LogP contribution < -0.4 is 0 Å². The van der Waals surface area contributed by atoms with Crippen molar-refractivity contribution in [3.8, 4) is 11.4 Å². The zero-order chi connectivity index (χ0) is 22.5. The number of rotatable bonds is 5. The fourth-order valence-corrected chi connectivity index (χ4v) is 4.78. The lowest BCUT2D eigenvalue weighted by Gasteiger charge is -2.39. The summed E-state index contributed by atoms with van der Waals surface area (Å²) >= 11 is 0. The van der Waals surface area contributed by atoms with E-state index in [0.29, 0.717) is 19.1 Å². The Morgan fingerprint density at radius 2 is 1.73 bits per heavy atom. The zero-order valence-corrected chi connectivity index (χ0v) is 18.7. The molecule has 0 bridgehead atoms. The molecule has 1 atom stereocenters. The molecule has 7 nitrogen and oxygen atoms in total. The van der Waals surface area contributed by atoms with Crippen LogP contribution in [0.15, 0.2) is 67.1 Å². The number of likely N-dealkylation sites (tertiary alicyclic amines) is 1. The number of pyridine rings is 1. The van der Waals surface area contributed by atoms with Gasteiger partial charge in [0.2, 0.25) is 5.91 Å². The van der Waals surface area contributed by atoms with Crippen LogP contribution in [0.5, 0.6) is 0 Å². The maximum absolute atomic E-state index is 13.7. The first kappa shape index (κ1) is 21.7. The van der Waals surface area contributed by atoms with Gasteiger partial charge in [-0.2, -0.15) is 0 Å². The van der Waals surface area contributed by atoms with Gasteiger partial charge in [0.1, 0.15) is 6.04 Å². The third kappa shape index (κ3) is 4.94. The van der Waals surface area contributed by atoms with Crippen molar-refractivity contribution in [3.05, 3.63) is 78.4 Å². The number of carbonyl (C=O) groups is 1. The van der Waals surface area contributed by atoms with Crippen molar-refractivity contribution >= 4 is 5.91 Å². The molecule has 4 heterocycles. The number of hydrogen-bond donors (Lipinski definition) is 0. The standard InChI is InChI=1S/C26H29N5O2/c32-26(24(22-7-4-11-27-19-22)30-15-17-33-18-16-30)31-13-9-20(10-14-31)23-8-12-28-25(29-23)21-5-2-1-3-6-21/h1-8,11-12,19-20,24H,9-10,13-18H2/t24-/m0/s1. The fraction of sp³-hybridized carbons (Fsp3) is 0.385. The van der Waals surface area contributed by atoms with Gasteiger partial charge in [0.25, 0.3) is 0 Å². The Kier molecular flexibility index (Phi) is 6.69. The molecule has 0 radical (unpaired) electrons. The monoisotopic (exact) mass is 443 g/mol. The molecule has 33 heavy (non-hydrogen) atoms. The van der Waals surface area contributed by atoms with Crippen molar-refractivity contribution in [1.29, 1.82) is 0 Å². The highest BCUT2D eigenvalue weighted by molar-refractivity contribution is 5.83. The van der Waals surface area contributed by atoms with Gasteiger partial charge >= 0.3 is 0 Å². The normalized spacial score (nSPS) is 18.7. The van der Waals surface area contributed by atoms with Crippen molar-refractivity contribution in [1.82, 2.24) is 24.8 Å². The highest BCUT2D eigenvalue weighted by Gasteiger charge is 2.34. The van der Waals surface area contributed by atoms with Crippen molar-refractivity contribution in [2.24, 2.45) is 0 Å². The van der Waals surface area contributed by atoms with Crippen LogP contribution in [0.2, 0.25) is 0 Å². The molecule has 0 unspecified atom stereocenters. The second-order valence-corrected chi connectivity index (χ2v) is 8.61. The van der Waals surface area contributed by atoms with Crippen molar-refractivity contribution in [2.45, 2.75) is 24.8 Å². The molecule has 0 aliphatic carbocycles. The molecule has 1 aromatic carbocycles. The van der Waals surface area contributed by atoms with Crippen molar-refractivity contribution in [2.75, 3.05) is 39.4 Å². The van der Waals surface area contributed by atoms with Crippen LogP contribution in [0.4, 0.5) is 0 Å². The molecule has 2 fully saturated rings. The van der Waals surface area contributed by atoms with E-state index in [9.17, 15) is 4.79 Å². The first-order valence-electron chi connectivity index (χ1n) is 11.7. The summed E-state index contributed by atoms with van der Waals surface area (Å²) < 4.78 is 5.52. The van der Waals surface area contributed by atoms with E-state index in [0.717, 1.165) is 61.7 Å². The summed E-state index contributed by atoms with van der Waals surface area (Å²) in [6.45, 7) is 4.29. The number of amides is 1. The lowest BCUT2D eigenvalue weighted by Crippen LogP contribution is -2.49. The van der Waals surface area contributed by atoms with E-state index in [1.165, 1.54) is 0 Å². The van der Waals surface area contributed by atoms with Gasteiger partial charge in [0.15, 0.2) is 5.82 Å². The molecule has 2 aromatic heterocycles. The van der Waals surface area contributed by atoms with E-state index >= 15 is 0 Å². The van der Waals surface area contributed by atoms with E-state index in [1.54, 1.807) is 6.20 Å². The first-order valence-corrected chi connectivity index (χ1v) is 11.7. The van der Waals surface area contributed by atoms with Gasteiger partial charge in [-0.15, -0.1) is 0 Å². The Morgan fingerprint density at radius 1 is 0.939 bits per heavy atom. The summed E-state index contributed by atoms with van der Waals surface area (Å²) in [5.74, 6) is 1.26. The number of nitrogens with zero attached hydrogens (tertiary/aromatic N) is 5. The van der Waals surface area contributed by atoms with Gasteiger partial charge in [-0.1, -0.05) is 36.4 Å². The average Bonchev–Trinajstić information content (AvgIpc) is 2.91. The number of morpholine rings is 1. The minimum atomic E-state index is -0.303. The third-order valence-electron chi connectivity index (χ3n) is 6.58. The number of carbonyl (C=O) groups excluding carboxylic acids is 1. The quantitative estimate of drug-likeness (QED) is 0.603. The Bertz CT molecular complexity index is 1050. The molecular weight excluding hydrogens is 414 g/mol. The Hall–Kier alpha value is -3.16. The van der Waals surface area contributed by atoms with Gasteiger partial charge < -0.3 is 9.64 Å². The molecule has 2 aliphatic rings. The average molecular weight is 444 g/mol. The Balaban J connectivity index is 1.28. The van der Waals surface area contributed by atoms with E-state index < -0.39 is 0 Å². The molecule has 2 saturated heterocycles. The molecule has 0 spiro atoms. The maximum Gasteiger partial charge on any atom is 0.244 e. The van der Waals surface area contributed by atoms with E-state index in [4.69, 9.17) is 9.72 Å². The molecule has 0 N–H and O–H groups in total. The molecule has 2 aliphatic heterocycles. The lowest BCUT2D eigenvalue weighted by atomic mass is 9.92. The van der Waals surface area contributed by atoms with E-state index in [2.05, 4.69) is 14.9 Å². The van der Waals surface area contributed by atoms with Crippen LogP contribution >= 0.6 is 0 Å². The smallest absolute Gasteiger partial charge is 0.244 e. The van der Waals surface area contributed by atoms with Gasteiger partial charge in [-0.05, 0) is 30.5 Å². The summed E-state index contributed by atoms with van der Waals surface area (Å²) in [5, 5.41) is 0. The maximum atomic E-state index is 13.7. The Labute approximate surface area is 194 Å². The second kappa shape index (κ2) is 10.2. The highest BCUT2D eigenvalue weighted by Crippen LogP contribution is 2.31. The minimum Gasteiger partial charge on any atom is -0.379 e. The predicted octanol–water partition coefficient (Wildman–Crippen LogP) is 3.32. The van der Waals surface area contributed by atoms with Gasteiger partial charge in [-0.25, -0.2) is 9.97 Å². The molecule has 1 amide bonds. The molecular formula is C26H29N5O2. The van der Waals surface area contributed by atoms with Crippen molar-refractivity contribution in [3.63, 3.8) is 0 Å². The van der Waals surface area contributed by atoms with E-state index in [-0.39, 0.29) is 11.9 Å². The summed E-state index contributed by atoms with van der Waals surface area (Å²) in [5.41, 5.74) is 3.04. The largest absolute Gasteiger partial charge is 0.379 e. The van der Waals surface area contributed by atoms with Crippen molar-refractivity contribution < 1.29 is 9.53 Å².